The number of aliphatic hydroxyl groups excluding tert-OH is 1. The number of anilines is 2. The number of hydrogen-bond acceptors (Lipinski definition) is 6. The molecule has 4 atom stereocenters. The molecule has 2 aromatic rings. The molecule has 0 aromatic heterocycles. The third-order valence-corrected chi connectivity index (χ3v) is 6.49. The Morgan fingerprint density at radius 1 is 1.22 bits per heavy atom. The van der Waals surface area contributed by atoms with Crippen molar-refractivity contribution < 1.29 is 24.2 Å². The highest BCUT2D eigenvalue weighted by atomic mass is 16.5. The molecule has 1 spiro atoms. The Bertz CT molecular complexity index is 1080. The Morgan fingerprint density at radius 3 is 2.62 bits per heavy atom. The van der Waals surface area contributed by atoms with Gasteiger partial charge in [0.2, 0.25) is 11.8 Å². The summed E-state index contributed by atoms with van der Waals surface area (Å²) in [6, 6.07) is 8.63. The van der Waals surface area contributed by atoms with Gasteiger partial charge in [0, 0.05) is 23.4 Å². The lowest BCUT2D eigenvalue weighted by Gasteiger charge is -2.30. The van der Waals surface area contributed by atoms with Gasteiger partial charge in [-0.2, -0.15) is 0 Å². The summed E-state index contributed by atoms with van der Waals surface area (Å²) in [5, 5.41) is 19.5. The van der Waals surface area contributed by atoms with Crippen molar-refractivity contribution in [1.82, 2.24) is 5.32 Å². The summed E-state index contributed by atoms with van der Waals surface area (Å²) in [5.74, 6) is -0.330. The Morgan fingerprint density at radius 2 is 1.97 bits per heavy atom. The summed E-state index contributed by atoms with van der Waals surface area (Å²) < 4.78 is 10.7. The molecule has 8 nitrogen and oxygen atoms in total. The van der Waals surface area contributed by atoms with E-state index in [1.807, 2.05) is 26.0 Å². The second-order valence-electron chi connectivity index (χ2n) is 8.60. The van der Waals surface area contributed by atoms with Gasteiger partial charge >= 0.3 is 0 Å². The molecule has 0 radical (unpaired) electrons. The Labute approximate surface area is 187 Å². The number of amides is 2. The van der Waals surface area contributed by atoms with Crippen LogP contribution in [-0.2, 0) is 15.1 Å². The fraction of sp³-hybridized carbons (Fsp3) is 0.417. The van der Waals surface area contributed by atoms with Gasteiger partial charge in [-0.3, -0.25) is 14.9 Å². The standard InChI is InChI=1S/C24H29N3O5/c1-12-8-13(2)21-16(9-12)24(23(30)26-21)17(11-18(27-24)14(3)28)22(29)25-19-10-15(31-4)6-7-20(19)32-5/h6-10,14,17-18,27-28H,11H2,1-5H3,(H,25,29)(H,26,30)/t14?,17-,18-,24+/m1/s1. The van der Waals surface area contributed by atoms with Crippen LogP contribution in [-0.4, -0.2) is 43.3 Å². The van der Waals surface area contributed by atoms with Crippen molar-refractivity contribution >= 4 is 23.2 Å². The maximum absolute atomic E-state index is 13.6. The van der Waals surface area contributed by atoms with Gasteiger partial charge in [-0.15, -0.1) is 0 Å². The molecule has 32 heavy (non-hydrogen) atoms. The number of nitrogens with one attached hydrogen (secondary N) is 3. The number of carbonyl (C=O) groups excluding carboxylic acids is 2. The van der Waals surface area contributed by atoms with E-state index >= 15 is 0 Å². The van der Waals surface area contributed by atoms with Gasteiger partial charge in [0.05, 0.1) is 31.9 Å². The third kappa shape index (κ3) is 3.40. The minimum atomic E-state index is -1.27. The molecule has 1 saturated heterocycles. The molecule has 4 rings (SSSR count). The summed E-state index contributed by atoms with van der Waals surface area (Å²) in [6.07, 6.45) is -0.436. The molecule has 0 bridgehead atoms. The summed E-state index contributed by atoms with van der Waals surface area (Å²) in [7, 11) is 3.06. The number of rotatable bonds is 5. The van der Waals surface area contributed by atoms with Crippen molar-refractivity contribution in [2.75, 3.05) is 24.9 Å². The van der Waals surface area contributed by atoms with Gasteiger partial charge in [0.1, 0.15) is 17.0 Å². The van der Waals surface area contributed by atoms with Crippen LogP contribution in [0.5, 0.6) is 11.5 Å². The van der Waals surface area contributed by atoms with E-state index in [9.17, 15) is 14.7 Å². The van der Waals surface area contributed by atoms with E-state index in [-0.39, 0.29) is 11.8 Å². The topological polar surface area (TPSA) is 109 Å². The molecular weight excluding hydrogens is 410 g/mol. The zero-order chi connectivity index (χ0) is 23.2. The fourth-order valence-corrected chi connectivity index (χ4v) is 4.90. The van der Waals surface area contributed by atoms with E-state index in [4.69, 9.17) is 9.47 Å². The zero-order valence-corrected chi connectivity index (χ0v) is 18.9. The summed E-state index contributed by atoms with van der Waals surface area (Å²) in [6.45, 7) is 5.55. The first-order valence-corrected chi connectivity index (χ1v) is 10.6. The van der Waals surface area contributed by atoms with E-state index < -0.39 is 23.6 Å². The van der Waals surface area contributed by atoms with Gasteiger partial charge in [-0.25, -0.2) is 0 Å². The third-order valence-electron chi connectivity index (χ3n) is 6.49. The number of methoxy groups -OCH3 is 2. The lowest BCUT2D eigenvalue weighted by molar-refractivity contribution is -0.130. The molecule has 0 saturated carbocycles. The summed E-state index contributed by atoms with van der Waals surface area (Å²) in [5.41, 5.74) is 2.56. The van der Waals surface area contributed by atoms with Gasteiger partial charge < -0.3 is 25.2 Å². The number of hydrogen-bond donors (Lipinski definition) is 4. The molecule has 0 aliphatic carbocycles. The quantitative estimate of drug-likeness (QED) is 0.570. The lowest BCUT2D eigenvalue weighted by atomic mass is 9.78. The summed E-state index contributed by atoms with van der Waals surface area (Å²) in [4.78, 5) is 27.0. The van der Waals surface area contributed by atoms with Crippen molar-refractivity contribution in [1.29, 1.82) is 0 Å². The molecule has 170 valence electrons. The van der Waals surface area contributed by atoms with E-state index in [0.29, 0.717) is 23.6 Å². The molecule has 2 heterocycles. The Kier molecular flexibility index (Phi) is 5.60. The first-order valence-electron chi connectivity index (χ1n) is 10.6. The smallest absolute Gasteiger partial charge is 0.250 e. The Balaban J connectivity index is 1.78. The second-order valence-corrected chi connectivity index (χ2v) is 8.60. The van der Waals surface area contributed by atoms with Crippen LogP contribution in [0.15, 0.2) is 30.3 Å². The van der Waals surface area contributed by atoms with Crippen LogP contribution in [0.1, 0.15) is 30.0 Å². The van der Waals surface area contributed by atoms with Crippen molar-refractivity contribution in [3.63, 3.8) is 0 Å². The number of ether oxygens (including phenoxy) is 2. The highest BCUT2D eigenvalue weighted by molar-refractivity contribution is 6.11. The van der Waals surface area contributed by atoms with Crippen molar-refractivity contribution in [3.05, 3.63) is 47.0 Å². The SMILES string of the molecule is COc1ccc(OC)c(NC(=O)[C@H]2C[C@H](C(C)O)N[C@]23C(=O)Nc2c(C)cc(C)cc23)c1. The first kappa shape index (κ1) is 22.1. The number of carbonyl (C=O) groups is 2. The first-order chi connectivity index (χ1) is 15.2. The van der Waals surface area contributed by atoms with Crippen molar-refractivity contribution in [2.45, 2.75) is 44.9 Å². The van der Waals surface area contributed by atoms with Crippen LogP contribution in [0.3, 0.4) is 0 Å². The maximum Gasteiger partial charge on any atom is 0.250 e. The average Bonchev–Trinajstić information content (AvgIpc) is 3.29. The largest absolute Gasteiger partial charge is 0.497 e. The van der Waals surface area contributed by atoms with Crippen LogP contribution >= 0.6 is 0 Å². The van der Waals surface area contributed by atoms with Gasteiger partial charge in [0.15, 0.2) is 0 Å². The number of aryl methyl sites for hydroxylation is 2. The van der Waals surface area contributed by atoms with Crippen LogP contribution in [0.2, 0.25) is 0 Å². The molecule has 2 aromatic carbocycles. The summed E-state index contributed by atoms with van der Waals surface area (Å²) >= 11 is 0. The van der Waals surface area contributed by atoms with E-state index in [1.165, 1.54) is 7.11 Å². The van der Waals surface area contributed by atoms with Crippen LogP contribution in [0.4, 0.5) is 11.4 Å². The molecular formula is C24H29N3O5. The average molecular weight is 440 g/mol. The number of fused-ring (bicyclic) bond motifs is 2. The molecule has 1 fully saturated rings. The highest BCUT2D eigenvalue weighted by Gasteiger charge is 2.61. The minimum absolute atomic E-state index is 0.290. The number of aliphatic hydroxyl groups is 1. The maximum atomic E-state index is 13.6. The van der Waals surface area contributed by atoms with Crippen LogP contribution < -0.4 is 25.4 Å². The molecule has 2 aliphatic heterocycles. The van der Waals surface area contributed by atoms with Gasteiger partial charge in [0.25, 0.3) is 0 Å². The van der Waals surface area contributed by atoms with Crippen LogP contribution in [0, 0.1) is 19.8 Å². The minimum Gasteiger partial charge on any atom is -0.497 e. The Hall–Kier alpha value is -3.10. The lowest BCUT2D eigenvalue weighted by Crippen LogP contribution is -2.53. The highest BCUT2D eigenvalue weighted by Crippen LogP contribution is 2.49. The monoisotopic (exact) mass is 439 g/mol. The molecule has 8 heteroatoms. The molecule has 2 amide bonds. The van der Waals surface area contributed by atoms with Crippen molar-refractivity contribution in [3.8, 4) is 11.5 Å². The molecule has 4 N–H and O–H groups in total. The fourth-order valence-electron chi connectivity index (χ4n) is 4.90. The zero-order valence-electron chi connectivity index (χ0n) is 18.9. The molecule has 1 unspecified atom stereocenters. The van der Waals surface area contributed by atoms with Gasteiger partial charge in [-0.1, -0.05) is 17.7 Å². The number of benzene rings is 2. The molecule has 2 aliphatic rings. The van der Waals surface area contributed by atoms with Gasteiger partial charge in [-0.05, 0) is 44.9 Å². The van der Waals surface area contributed by atoms with E-state index in [2.05, 4.69) is 16.0 Å². The van der Waals surface area contributed by atoms with E-state index in [0.717, 1.165) is 22.4 Å². The second kappa shape index (κ2) is 8.11. The van der Waals surface area contributed by atoms with Crippen molar-refractivity contribution in [2.24, 2.45) is 5.92 Å². The predicted octanol–water partition coefficient (Wildman–Crippen LogP) is 2.47. The predicted molar refractivity (Wildman–Crippen MR) is 121 cm³/mol. The van der Waals surface area contributed by atoms with E-state index in [1.54, 1.807) is 32.2 Å². The normalized spacial score (nSPS) is 24.8. The van der Waals surface area contributed by atoms with Crippen LogP contribution in [0.25, 0.3) is 0 Å².